The van der Waals surface area contributed by atoms with E-state index in [0.29, 0.717) is 12.8 Å². The number of unbranched alkanes of at least 4 members (excludes halogenated alkanes) is 16. The summed E-state index contributed by atoms with van der Waals surface area (Å²) in [4.78, 5) is 12.5. The maximum atomic E-state index is 12.5. The molecule has 0 aromatic rings. The minimum absolute atomic E-state index is 0.190. The standard InChI is InChI=1S/C44H77NO5S/c1-3-5-7-9-11-13-15-17-19-21-22-24-26-28-30-32-34-36-38-40-44(47)45-42(41-51(48,49)50)43(46)39-37-35-33-31-29-27-25-23-20-18-16-14-12-10-8-6-4-2/h5,7,11,13,17,19,22,24,28,30,34,36,42-43,46H,3-4,6,8-10,12,14-16,18,20-21,23,25-27,29,31-33,35,37-41H2,1-2H3,(H,45,47)(H,48,49,50)/b7-5-,13-11-,19-17-,24-22-,30-28-,36-34-. The molecule has 0 aliphatic rings. The van der Waals surface area contributed by atoms with Gasteiger partial charge in [-0.15, -0.1) is 0 Å². The van der Waals surface area contributed by atoms with E-state index in [-0.39, 0.29) is 12.3 Å². The summed E-state index contributed by atoms with van der Waals surface area (Å²) in [6, 6.07) is -1.01. The van der Waals surface area contributed by atoms with Crippen molar-refractivity contribution in [2.75, 3.05) is 5.75 Å². The zero-order chi connectivity index (χ0) is 37.5. The van der Waals surface area contributed by atoms with Gasteiger partial charge in [0.05, 0.1) is 17.9 Å². The monoisotopic (exact) mass is 732 g/mol. The second-order valence-electron chi connectivity index (χ2n) is 13.9. The Hall–Kier alpha value is -2.22. The van der Waals surface area contributed by atoms with Gasteiger partial charge in [0.25, 0.3) is 10.1 Å². The molecule has 0 aliphatic carbocycles. The number of hydrogen-bond acceptors (Lipinski definition) is 4. The third-order valence-corrected chi connectivity index (χ3v) is 9.72. The summed E-state index contributed by atoms with van der Waals surface area (Å²) in [5.74, 6) is -1.01. The molecule has 2 unspecified atom stereocenters. The predicted molar refractivity (Wildman–Crippen MR) is 221 cm³/mol. The third kappa shape index (κ3) is 38.8. The molecule has 7 heteroatoms. The van der Waals surface area contributed by atoms with Crippen molar-refractivity contribution in [2.24, 2.45) is 0 Å². The molecule has 6 nitrogen and oxygen atoms in total. The summed E-state index contributed by atoms with van der Waals surface area (Å²) < 4.78 is 32.5. The minimum Gasteiger partial charge on any atom is -0.391 e. The first-order valence-corrected chi connectivity index (χ1v) is 22.2. The van der Waals surface area contributed by atoms with Crippen LogP contribution in [0.4, 0.5) is 0 Å². The number of allylic oxidation sites excluding steroid dienone is 12. The van der Waals surface area contributed by atoms with E-state index >= 15 is 0 Å². The number of rotatable bonds is 36. The van der Waals surface area contributed by atoms with E-state index in [4.69, 9.17) is 0 Å². The van der Waals surface area contributed by atoms with Crippen LogP contribution in [0.5, 0.6) is 0 Å². The van der Waals surface area contributed by atoms with Crippen LogP contribution in [-0.2, 0) is 14.9 Å². The fourth-order valence-electron chi connectivity index (χ4n) is 5.89. The van der Waals surface area contributed by atoms with E-state index < -0.39 is 28.0 Å². The first kappa shape index (κ1) is 48.8. The molecule has 2 atom stereocenters. The molecule has 0 heterocycles. The lowest BCUT2D eigenvalue weighted by Gasteiger charge is -2.23. The minimum atomic E-state index is -4.34. The Bertz CT molecular complexity index is 1070. The van der Waals surface area contributed by atoms with Crippen LogP contribution in [0.15, 0.2) is 72.9 Å². The van der Waals surface area contributed by atoms with Gasteiger partial charge in [-0.1, -0.05) is 196 Å². The topological polar surface area (TPSA) is 104 Å². The summed E-state index contributed by atoms with van der Waals surface area (Å²) in [5.41, 5.74) is 0. The summed E-state index contributed by atoms with van der Waals surface area (Å²) in [6.07, 6.45) is 52.9. The Morgan fingerprint density at radius 2 is 0.902 bits per heavy atom. The number of aliphatic hydroxyl groups excluding tert-OH is 1. The maximum absolute atomic E-state index is 12.5. The summed E-state index contributed by atoms with van der Waals surface area (Å²) in [7, 11) is -4.34. The van der Waals surface area contributed by atoms with E-state index in [1.807, 2.05) is 12.2 Å². The number of aliphatic hydroxyl groups is 1. The van der Waals surface area contributed by atoms with Crippen LogP contribution < -0.4 is 5.32 Å². The van der Waals surface area contributed by atoms with Gasteiger partial charge < -0.3 is 10.4 Å². The normalized spacial score (nSPS) is 14.0. The average molecular weight is 732 g/mol. The van der Waals surface area contributed by atoms with Crippen molar-refractivity contribution < 1.29 is 22.9 Å². The van der Waals surface area contributed by atoms with Crippen LogP contribution in [0, 0.1) is 0 Å². The molecule has 0 saturated carbocycles. The molecule has 0 fully saturated rings. The van der Waals surface area contributed by atoms with Crippen LogP contribution >= 0.6 is 0 Å². The zero-order valence-electron chi connectivity index (χ0n) is 32.7. The molecule has 0 radical (unpaired) electrons. The highest BCUT2D eigenvalue weighted by Gasteiger charge is 2.25. The first-order chi connectivity index (χ1) is 24.8. The summed E-state index contributed by atoms with van der Waals surface area (Å²) >= 11 is 0. The highest BCUT2D eigenvalue weighted by Crippen LogP contribution is 2.15. The SMILES string of the molecule is CC/C=C\C/C=C\C/C=C\C/C=C\C/C=C\C/C=C\CCC(=O)NC(CS(=O)(=O)O)C(O)CCCCCCCCCCCCCCCCCCC. The maximum Gasteiger partial charge on any atom is 0.266 e. The number of nitrogens with one attached hydrogen (secondary N) is 1. The Kier molecular flexibility index (Phi) is 35.9. The fourth-order valence-corrected chi connectivity index (χ4v) is 6.65. The Labute approximate surface area is 314 Å². The lowest BCUT2D eigenvalue weighted by Crippen LogP contribution is -2.47. The highest BCUT2D eigenvalue weighted by molar-refractivity contribution is 7.85. The van der Waals surface area contributed by atoms with E-state index in [1.54, 1.807) is 0 Å². The third-order valence-electron chi connectivity index (χ3n) is 8.94. The molecule has 0 aromatic carbocycles. The molecule has 0 bridgehead atoms. The molecule has 3 N–H and O–H groups in total. The molecule has 0 saturated heterocycles. The number of carbonyl (C=O) groups excluding carboxylic acids is 1. The Morgan fingerprint density at radius 3 is 1.27 bits per heavy atom. The number of amides is 1. The van der Waals surface area contributed by atoms with Crippen molar-refractivity contribution in [1.82, 2.24) is 5.32 Å². The first-order valence-electron chi connectivity index (χ1n) is 20.6. The van der Waals surface area contributed by atoms with Gasteiger partial charge in [0.15, 0.2) is 0 Å². The van der Waals surface area contributed by atoms with E-state index in [2.05, 4.69) is 79.9 Å². The summed E-state index contributed by atoms with van der Waals surface area (Å²) in [6.45, 7) is 4.41. The molecule has 51 heavy (non-hydrogen) atoms. The summed E-state index contributed by atoms with van der Waals surface area (Å²) in [5, 5.41) is 13.3. The van der Waals surface area contributed by atoms with Crippen LogP contribution in [-0.4, -0.2) is 41.9 Å². The second-order valence-corrected chi connectivity index (χ2v) is 15.4. The fraction of sp³-hybridized carbons (Fsp3) is 0.705. The number of carbonyl (C=O) groups is 1. The molecular weight excluding hydrogens is 655 g/mol. The molecule has 0 spiro atoms. The molecule has 294 valence electrons. The Morgan fingerprint density at radius 1 is 0.549 bits per heavy atom. The number of hydrogen-bond donors (Lipinski definition) is 3. The van der Waals surface area contributed by atoms with Crippen molar-refractivity contribution in [3.8, 4) is 0 Å². The van der Waals surface area contributed by atoms with Gasteiger partial charge in [-0.25, -0.2) is 0 Å². The van der Waals surface area contributed by atoms with Crippen molar-refractivity contribution in [1.29, 1.82) is 0 Å². The van der Waals surface area contributed by atoms with Crippen molar-refractivity contribution in [3.63, 3.8) is 0 Å². The lowest BCUT2D eigenvalue weighted by atomic mass is 10.0. The van der Waals surface area contributed by atoms with Gasteiger partial charge in [-0.3, -0.25) is 9.35 Å². The molecule has 0 aromatic heterocycles. The second kappa shape index (κ2) is 37.5. The average Bonchev–Trinajstić information content (AvgIpc) is 3.09. The van der Waals surface area contributed by atoms with Crippen LogP contribution in [0.1, 0.15) is 181 Å². The lowest BCUT2D eigenvalue weighted by molar-refractivity contribution is -0.122. The van der Waals surface area contributed by atoms with Crippen LogP contribution in [0.2, 0.25) is 0 Å². The van der Waals surface area contributed by atoms with Crippen LogP contribution in [0.3, 0.4) is 0 Å². The molecule has 0 rings (SSSR count). The van der Waals surface area contributed by atoms with E-state index in [1.165, 1.54) is 89.9 Å². The van der Waals surface area contributed by atoms with E-state index in [0.717, 1.165) is 57.8 Å². The smallest absolute Gasteiger partial charge is 0.266 e. The molecule has 0 aliphatic heterocycles. The van der Waals surface area contributed by atoms with Gasteiger partial charge in [0, 0.05) is 6.42 Å². The van der Waals surface area contributed by atoms with Gasteiger partial charge in [-0.05, 0) is 51.4 Å². The quantitative estimate of drug-likeness (QED) is 0.0338. The van der Waals surface area contributed by atoms with Crippen molar-refractivity contribution in [3.05, 3.63) is 72.9 Å². The zero-order valence-corrected chi connectivity index (χ0v) is 33.5. The molecule has 1 amide bonds. The van der Waals surface area contributed by atoms with Crippen molar-refractivity contribution >= 4 is 16.0 Å². The largest absolute Gasteiger partial charge is 0.391 e. The van der Waals surface area contributed by atoms with Gasteiger partial charge in [-0.2, -0.15) is 8.42 Å². The van der Waals surface area contributed by atoms with E-state index in [9.17, 15) is 22.9 Å². The predicted octanol–water partition coefficient (Wildman–Crippen LogP) is 12.2. The van der Waals surface area contributed by atoms with Crippen LogP contribution in [0.25, 0.3) is 0 Å². The van der Waals surface area contributed by atoms with Gasteiger partial charge >= 0.3 is 0 Å². The Balaban J connectivity index is 4.02. The highest BCUT2D eigenvalue weighted by atomic mass is 32.2. The van der Waals surface area contributed by atoms with Gasteiger partial charge in [0.1, 0.15) is 0 Å². The van der Waals surface area contributed by atoms with Gasteiger partial charge in [0.2, 0.25) is 5.91 Å². The van der Waals surface area contributed by atoms with Crippen molar-refractivity contribution in [2.45, 2.75) is 193 Å². The molecular formula is C44H77NO5S.